The molecule has 0 fully saturated rings. The molecule has 6 heteroatoms. The maximum absolute atomic E-state index is 12.0. The second-order valence-electron chi connectivity index (χ2n) is 3.42. The van der Waals surface area contributed by atoms with E-state index in [0.717, 1.165) is 18.5 Å². The number of nitrogens with zero attached hydrogens (tertiary/aromatic N) is 2. The van der Waals surface area contributed by atoms with Crippen molar-refractivity contribution in [1.29, 1.82) is 0 Å². The fraction of sp³-hybridized carbons (Fsp3) is 0.600. The summed E-state index contributed by atoms with van der Waals surface area (Å²) >= 11 is 0. The summed E-state index contributed by atoms with van der Waals surface area (Å²) in [6, 6.07) is 0. The molecule has 0 radical (unpaired) electrons. The quantitative estimate of drug-likeness (QED) is 0.787. The molecule has 0 saturated carbocycles. The number of halogens is 2. The van der Waals surface area contributed by atoms with Gasteiger partial charge in [0.1, 0.15) is 5.82 Å². The first-order valence-corrected chi connectivity index (χ1v) is 5.23. The number of anilines is 2. The molecule has 1 aromatic heterocycles. The Hall–Kier alpha value is -1.46. The monoisotopic (exact) mass is 230 g/mol. The van der Waals surface area contributed by atoms with Crippen molar-refractivity contribution in [3.63, 3.8) is 0 Å². The molecule has 2 N–H and O–H groups in total. The summed E-state index contributed by atoms with van der Waals surface area (Å²) in [5, 5.41) is 5.59. The number of alkyl halides is 2. The van der Waals surface area contributed by atoms with Gasteiger partial charge in [-0.05, 0) is 13.3 Å². The van der Waals surface area contributed by atoms with Crippen molar-refractivity contribution in [2.45, 2.75) is 26.7 Å². The lowest BCUT2D eigenvalue weighted by molar-refractivity contribution is 0.163. The Kier molecular flexibility index (Phi) is 4.88. The van der Waals surface area contributed by atoms with E-state index in [4.69, 9.17) is 0 Å². The van der Waals surface area contributed by atoms with Crippen LogP contribution in [0.2, 0.25) is 0 Å². The zero-order valence-corrected chi connectivity index (χ0v) is 9.43. The van der Waals surface area contributed by atoms with Crippen LogP contribution in [0.5, 0.6) is 0 Å². The third kappa shape index (κ3) is 3.96. The Labute approximate surface area is 93.5 Å². The van der Waals surface area contributed by atoms with Crippen LogP contribution in [0.1, 0.15) is 18.9 Å². The van der Waals surface area contributed by atoms with Gasteiger partial charge in [0.15, 0.2) is 0 Å². The van der Waals surface area contributed by atoms with E-state index in [9.17, 15) is 8.78 Å². The van der Waals surface area contributed by atoms with Crippen LogP contribution in [0.3, 0.4) is 0 Å². The summed E-state index contributed by atoms with van der Waals surface area (Å²) < 4.78 is 24.1. The van der Waals surface area contributed by atoms with Crippen LogP contribution in [0, 0.1) is 6.92 Å². The maximum Gasteiger partial charge on any atom is 0.255 e. The van der Waals surface area contributed by atoms with Crippen LogP contribution in [-0.4, -0.2) is 29.5 Å². The molecule has 0 aromatic carbocycles. The molecule has 0 aliphatic rings. The highest BCUT2D eigenvalue weighted by molar-refractivity contribution is 5.46. The fourth-order valence-electron chi connectivity index (χ4n) is 1.12. The highest BCUT2D eigenvalue weighted by atomic mass is 19.3. The highest BCUT2D eigenvalue weighted by Crippen LogP contribution is 2.12. The Bertz CT molecular complexity index is 331. The van der Waals surface area contributed by atoms with Crippen LogP contribution in [0.4, 0.5) is 20.5 Å². The first kappa shape index (κ1) is 12.6. The number of hydrogen-bond acceptors (Lipinski definition) is 4. The Balaban J connectivity index is 2.66. The molecular weight excluding hydrogens is 214 g/mol. The van der Waals surface area contributed by atoms with Crippen molar-refractivity contribution in [1.82, 2.24) is 9.97 Å². The molecule has 1 rings (SSSR count). The van der Waals surface area contributed by atoms with Crippen molar-refractivity contribution in [2.24, 2.45) is 0 Å². The van der Waals surface area contributed by atoms with E-state index in [1.54, 1.807) is 13.1 Å². The molecular formula is C10H16F2N4. The Morgan fingerprint density at radius 3 is 2.75 bits per heavy atom. The lowest BCUT2D eigenvalue weighted by atomic mass is 10.3. The maximum atomic E-state index is 12.0. The summed E-state index contributed by atoms with van der Waals surface area (Å²) in [4.78, 5) is 8.17. The molecule has 4 nitrogen and oxygen atoms in total. The molecule has 1 heterocycles. The fourth-order valence-corrected chi connectivity index (χ4v) is 1.12. The molecule has 0 saturated heterocycles. The van der Waals surface area contributed by atoms with E-state index < -0.39 is 13.0 Å². The molecule has 0 unspecified atom stereocenters. The predicted octanol–water partition coefficient (Wildman–Crippen LogP) is 2.28. The second-order valence-corrected chi connectivity index (χ2v) is 3.42. The van der Waals surface area contributed by atoms with Crippen molar-refractivity contribution >= 4 is 11.8 Å². The van der Waals surface area contributed by atoms with E-state index in [-0.39, 0.29) is 0 Å². The molecule has 0 amide bonds. The summed E-state index contributed by atoms with van der Waals surface area (Å²) in [6.07, 6.45) is 0.178. The predicted molar refractivity (Wildman–Crippen MR) is 60.0 cm³/mol. The van der Waals surface area contributed by atoms with Crippen LogP contribution in [0.25, 0.3) is 0 Å². The summed E-state index contributed by atoms with van der Waals surface area (Å²) in [6.45, 7) is 4.16. The van der Waals surface area contributed by atoms with Crippen LogP contribution < -0.4 is 10.6 Å². The number of aromatic nitrogens is 2. The van der Waals surface area contributed by atoms with Gasteiger partial charge in [0.2, 0.25) is 5.95 Å². The van der Waals surface area contributed by atoms with E-state index >= 15 is 0 Å². The minimum Gasteiger partial charge on any atom is -0.364 e. The zero-order chi connectivity index (χ0) is 12.0. The van der Waals surface area contributed by atoms with Gasteiger partial charge in [-0.1, -0.05) is 6.92 Å². The van der Waals surface area contributed by atoms with Crippen molar-refractivity contribution < 1.29 is 8.78 Å². The third-order valence-corrected chi connectivity index (χ3v) is 1.93. The van der Waals surface area contributed by atoms with Crippen molar-refractivity contribution in [3.05, 3.63) is 11.8 Å². The van der Waals surface area contributed by atoms with Crippen LogP contribution >= 0.6 is 0 Å². The Morgan fingerprint density at radius 2 is 2.12 bits per heavy atom. The van der Waals surface area contributed by atoms with Gasteiger partial charge in [0, 0.05) is 18.3 Å². The van der Waals surface area contributed by atoms with Crippen molar-refractivity contribution in [2.75, 3.05) is 23.7 Å². The average Bonchev–Trinajstić information content (AvgIpc) is 2.26. The highest BCUT2D eigenvalue weighted by Gasteiger charge is 2.06. The lowest BCUT2D eigenvalue weighted by Gasteiger charge is -2.09. The standard InChI is InChI=1S/C10H16F2N4/c1-3-4-13-10-15-5-7(2)9(16-10)14-6-8(11)12/h5,8H,3-4,6H2,1-2H3,(H2,13,14,15,16). The number of hydrogen-bond donors (Lipinski definition) is 2. The van der Waals surface area contributed by atoms with Crippen LogP contribution in [-0.2, 0) is 0 Å². The minimum absolute atomic E-state index is 0.398. The molecule has 0 bridgehead atoms. The van der Waals surface area contributed by atoms with E-state index in [1.165, 1.54) is 0 Å². The molecule has 0 aliphatic heterocycles. The summed E-state index contributed by atoms with van der Waals surface area (Å²) in [5.74, 6) is 0.915. The van der Waals surface area contributed by atoms with Gasteiger partial charge in [-0.15, -0.1) is 0 Å². The van der Waals surface area contributed by atoms with Crippen LogP contribution in [0.15, 0.2) is 6.20 Å². The number of rotatable bonds is 6. The van der Waals surface area contributed by atoms with E-state index in [2.05, 4.69) is 20.6 Å². The molecule has 0 atom stereocenters. The second kappa shape index (κ2) is 6.19. The molecule has 16 heavy (non-hydrogen) atoms. The van der Waals surface area contributed by atoms with Gasteiger partial charge in [0.05, 0.1) is 6.54 Å². The zero-order valence-electron chi connectivity index (χ0n) is 9.43. The Morgan fingerprint density at radius 1 is 1.38 bits per heavy atom. The van der Waals surface area contributed by atoms with Crippen molar-refractivity contribution in [3.8, 4) is 0 Å². The number of nitrogens with one attached hydrogen (secondary N) is 2. The van der Waals surface area contributed by atoms with E-state index in [1.807, 2.05) is 6.92 Å². The van der Waals surface area contributed by atoms with Gasteiger partial charge in [-0.2, -0.15) is 4.98 Å². The van der Waals surface area contributed by atoms with Gasteiger partial charge >= 0.3 is 0 Å². The first-order chi connectivity index (χ1) is 7.63. The normalized spacial score (nSPS) is 10.6. The summed E-state index contributed by atoms with van der Waals surface area (Å²) in [5.41, 5.74) is 0.752. The van der Waals surface area contributed by atoms with Gasteiger partial charge in [0.25, 0.3) is 6.43 Å². The molecule has 0 aliphatic carbocycles. The van der Waals surface area contributed by atoms with E-state index in [0.29, 0.717) is 11.8 Å². The topological polar surface area (TPSA) is 49.8 Å². The molecule has 1 aromatic rings. The number of aryl methyl sites for hydroxylation is 1. The minimum atomic E-state index is -2.39. The smallest absolute Gasteiger partial charge is 0.255 e. The first-order valence-electron chi connectivity index (χ1n) is 5.23. The average molecular weight is 230 g/mol. The van der Waals surface area contributed by atoms with Gasteiger partial charge in [-0.3, -0.25) is 0 Å². The molecule has 0 spiro atoms. The van der Waals surface area contributed by atoms with Gasteiger partial charge in [-0.25, -0.2) is 13.8 Å². The largest absolute Gasteiger partial charge is 0.364 e. The molecule has 90 valence electrons. The SMILES string of the molecule is CCCNc1ncc(C)c(NCC(F)F)n1. The third-order valence-electron chi connectivity index (χ3n) is 1.93. The van der Waals surface area contributed by atoms with Gasteiger partial charge < -0.3 is 10.6 Å². The summed E-state index contributed by atoms with van der Waals surface area (Å²) in [7, 11) is 0. The lowest BCUT2D eigenvalue weighted by Crippen LogP contribution is -2.14.